The third kappa shape index (κ3) is 5.08. The van der Waals surface area contributed by atoms with Crippen LogP contribution in [-0.2, 0) is 4.79 Å². The number of aliphatic hydroxyl groups excluding tert-OH is 1. The van der Waals surface area contributed by atoms with Crippen molar-refractivity contribution in [3.8, 4) is 11.5 Å². The summed E-state index contributed by atoms with van der Waals surface area (Å²) in [4.78, 5) is 13.4. The zero-order chi connectivity index (χ0) is 16.7. The molecular weight excluding hydrogens is 294 g/mol. The number of ether oxygens (including phenoxy) is 2. The minimum absolute atomic E-state index is 0.221. The number of piperidine rings is 1. The first kappa shape index (κ1) is 17.5. The molecule has 126 valence electrons. The normalized spacial score (nSPS) is 19.0. The van der Waals surface area contributed by atoms with Gasteiger partial charge in [0.05, 0.1) is 13.7 Å². The van der Waals surface area contributed by atoms with Gasteiger partial charge in [0.25, 0.3) is 0 Å². The van der Waals surface area contributed by atoms with Crippen LogP contribution in [0.5, 0.6) is 11.5 Å². The molecule has 1 fully saturated rings. The fourth-order valence-electron chi connectivity index (χ4n) is 2.86. The van der Waals surface area contributed by atoms with Crippen LogP contribution in [0.15, 0.2) is 24.3 Å². The van der Waals surface area contributed by atoms with Gasteiger partial charge in [0.1, 0.15) is 0 Å². The van der Waals surface area contributed by atoms with Crippen LogP contribution in [0.3, 0.4) is 0 Å². The Labute approximate surface area is 137 Å². The van der Waals surface area contributed by atoms with Crippen molar-refractivity contribution in [2.75, 3.05) is 26.8 Å². The number of hydrogen-bond acceptors (Lipinski definition) is 5. The summed E-state index contributed by atoms with van der Waals surface area (Å²) in [6, 6.07) is 5.73. The van der Waals surface area contributed by atoms with Gasteiger partial charge in [-0.05, 0) is 37.1 Å². The molecule has 2 rings (SSSR count). The Hall–Kier alpha value is -1.85. The van der Waals surface area contributed by atoms with Crippen molar-refractivity contribution in [1.82, 2.24) is 4.90 Å². The number of carbonyl (C=O) groups is 1. The fraction of sp³-hybridized carbons (Fsp3) is 0.500. The summed E-state index contributed by atoms with van der Waals surface area (Å²) >= 11 is 0. The van der Waals surface area contributed by atoms with Crippen LogP contribution in [0.4, 0.5) is 0 Å². The van der Waals surface area contributed by atoms with Gasteiger partial charge in [-0.25, -0.2) is 0 Å². The minimum Gasteiger partial charge on any atom is -0.493 e. The number of nitrogens with zero attached hydrogens (tertiary/aromatic N) is 1. The van der Waals surface area contributed by atoms with E-state index in [1.54, 1.807) is 13.2 Å². The largest absolute Gasteiger partial charge is 0.493 e. The third-order valence-corrected chi connectivity index (χ3v) is 4.05. The first-order valence-electron chi connectivity index (χ1n) is 8.02. The van der Waals surface area contributed by atoms with Crippen LogP contribution in [-0.4, -0.2) is 48.8 Å². The van der Waals surface area contributed by atoms with Crippen LogP contribution >= 0.6 is 0 Å². The molecular formula is C18H25NO4. The highest BCUT2D eigenvalue weighted by Gasteiger charge is 2.19. The van der Waals surface area contributed by atoms with Gasteiger partial charge in [-0.15, -0.1) is 0 Å². The molecule has 0 radical (unpaired) electrons. The van der Waals surface area contributed by atoms with Crippen LogP contribution in [0, 0.1) is 0 Å². The van der Waals surface area contributed by atoms with E-state index in [-0.39, 0.29) is 18.6 Å². The molecule has 1 heterocycles. The van der Waals surface area contributed by atoms with Crippen LogP contribution in [0.2, 0.25) is 0 Å². The maximum Gasteiger partial charge on any atom is 0.308 e. The summed E-state index contributed by atoms with van der Waals surface area (Å²) in [6.07, 6.45) is 7.56. The standard InChI is InChI=1S/C18H25NO4/c1-14(21)23-17-9-8-15(12-18(17)22-2)6-5-11-19-10-4-3-7-16(19)13-20/h5-6,8-9,12,16,20H,3-4,7,10-11,13H2,1-2H3. The predicted octanol–water partition coefficient (Wildman–Crippen LogP) is 2.48. The Morgan fingerprint density at radius 2 is 2.22 bits per heavy atom. The molecule has 5 heteroatoms. The average molecular weight is 319 g/mol. The first-order chi connectivity index (χ1) is 11.1. The molecule has 0 bridgehead atoms. The Bertz CT molecular complexity index is 556. The SMILES string of the molecule is COc1cc(C=CCN2CCCCC2CO)ccc1OC(C)=O. The lowest BCUT2D eigenvalue weighted by Gasteiger charge is -2.33. The highest BCUT2D eigenvalue weighted by atomic mass is 16.6. The lowest BCUT2D eigenvalue weighted by molar-refractivity contribution is -0.132. The van der Waals surface area contributed by atoms with Crippen molar-refractivity contribution in [2.45, 2.75) is 32.2 Å². The van der Waals surface area contributed by atoms with Gasteiger partial charge < -0.3 is 14.6 Å². The van der Waals surface area contributed by atoms with Gasteiger partial charge in [-0.1, -0.05) is 24.6 Å². The Kier molecular flexibility index (Phi) is 6.62. The number of rotatable bonds is 6. The molecule has 0 saturated carbocycles. The molecule has 1 aromatic carbocycles. The fourth-order valence-corrected chi connectivity index (χ4v) is 2.86. The summed E-state index contributed by atoms with van der Waals surface area (Å²) in [5, 5.41) is 9.42. The van der Waals surface area contributed by atoms with Crippen molar-refractivity contribution in [1.29, 1.82) is 0 Å². The second-order valence-corrected chi connectivity index (χ2v) is 5.73. The number of esters is 1. The molecule has 0 amide bonds. The van der Waals surface area contributed by atoms with E-state index in [0.717, 1.165) is 25.1 Å². The van der Waals surface area contributed by atoms with Gasteiger partial charge in [0.15, 0.2) is 11.5 Å². The summed E-state index contributed by atoms with van der Waals surface area (Å²) < 4.78 is 10.4. The number of hydrogen-bond donors (Lipinski definition) is 1. The van der Waals surface area contributed by atoms with Crippen molar-refractivity contribution < 1.29 is 19.4 Å². The average Bonchev–Trinajstić information content (AvgIpc) is 2.56. The topological polar surface area (TPSA) is 59.0 Å². The Morgan fingerprint density at radius 1 is 1.39 bits per heavy atom. The maximum atomic E-state index is 11.1. The molecule has 1 saturated heterocycles. The number of benzene rings is 1. The number of aliphatic hydroxyl groups is 1. The zero-order valence-corrected chi connectivity index (χ0v) is 13.8. The number of likely N-dealkylation sites (tertiary alicyclic amines) is 1. The smallest absolute Gasteiger partial charge is 0.308 e. The molecule has 1 aromatic rings. The zero-order valence-electron chi connectivity index (χ0n) is 13.8. The second-order valence-electron chi connectivity index (χ2n) is 5.73. The molecule has 1 aliphatic heterocycles. The molecule has 0 aromatic heterocycles. The quantitative estimate of drug-likeness (QED) is 0.645. The summed E-state index contributed by atoms with van der Waals surface area (Å²) in [5.41, 5.74) is 0.982. The summed E-state index contributed by atoms with van der Waals surface area (Å²) in [7, 11) is 1.55. The van der Waals surface area contributed by atoms with E-state index < -0.39 is 0 Å². The van der Waals surface area contributed by atoms with Crippen LogP contribution in [0.1, 0.15) is 31.7 Å². The van der Waals surface area contributed by atoms with Gasteiger partial charge in [-0.2, -0.15) is 0 Å². The lowest BCUT2D eigenvalue weighted by atomic mass is 10.0. The van der Waals surface area contributed by atoms with Gasteiger partial charge in [0, 0.05) is 19.5 Å². The molecule has 0 spiro atoms. The number of carbonyl (C=O) groups excluding carboxylic acids is 1. The molecule has 1 aliphatic rings. The monoisotopic (exact) mass is 319 g/mol. The van der Waals surface area contributed by atoms with E-state index in [1.807, 2.05) is 18.2 Å². The molecule has 5 nitrogen and oxygen atoms in total. The van der Waals surface area contributed by atoms with E-state index in [9.17, 15) is 9.90 Å². The third-order valence-electron chi connectivity index (χ3n) is 4.05. The number of methoxy groups -OCH3 is 1. The Morgan fingerprint density at radius 3 is 2.91 bits per heavy atom. The minimum atomic E-state index is -0.369. The van der Waals surface area contributed by atoms with E-state index in [4.69, 9.17) is 9.47 Å². The van der Waals surface area contributed by atoms with Crippen molar-refractivity contribution >= 4 is 12.0 Å². The van der Waals surface area contributed by atoms with Crippen molar-refractivity contribution in [3.05, 3.63) is 29.8 Å². The van der Waals surface area contributed by atoms with Crippen LogP contribution in [0.25, 0.3) is 6.08 Å². The van der Waals surface area contributed by atoms with E-state index in [2.05, 4.69) is 11.0 Å². The lowest BCUT2D eigenvalue weighted by Crippen LogP contribution is -2.41. The maximum absolute atomic E-state index is 11.1. The predicted molar refractivity (Wildman–Crippen MR) is 89.6 cm³/mol. The molecule has 1 N–H and O–H groups in total. The highest BCUT2D eigenvalue weighted by molar-refractivity contribution is 5.71. The Balaban J connectivity index is 2.00. The second kappa shape index (κ2) is 8.70. The van der Waals surface area contributed by atoms with Gasteiger partial charge in [0.2, 0.25) is 0 Å². The molecule has 1 unspecified atom stereocenters. The summed E-state index contributed by atoms with van der Waals surface area (Å²) in [5.74, 6) is 0.591. The van der Waals surface area contributed by atoms with Crippen molar-refractivity contribution in [2.24, 2.45) is 0 Å². The van der Waals surface area contributed by atoms with E-state index in [0.29, 0.717) is 11.5 Å². The highest BCUT2D eigenvalue weighted by Crippen LogP contribution is 2.28. The van der Waals surface area contributed by atoms with E-state index in [1.165, 1.54) is 19.8 Å². The molecule has 1 atom stereocenters. The van der Waals surface area contributed by atoms with E-state index >= 15 is 0 Å². The molecule has 0 aliphatic carbocycles. The van der Waals surface area contributed by atoms with Crippen LogP contribution < -0.4 is 9.47 Å². The van der Waals surface area contributed by atoms with Gasteiger partial charge >= 0.3 is 5.97 Å². The summed E-state index contributed by atoms with van der Waals surface area (Å²) in [6.45, 7) is 3.44. The van der Waals surface area contributed by atoms with Crippen molar-refractivity contribution in [3.63, 3.8) is 0 Å². The van der Waals surface area contributed by atoms with Gasteiger partial charge in [-0.3, -0.25) is 9.69 Å². The first-order valence-corrected chi connectivity index (χ1v) is 8.02. The molecule has 23 heavy (non-hydrogen) atoms.